The van der Waals surface area contributed by atoms with Crippen molar-refractivity contribution in [2.45, 2.75) is 17.4 Å². The van der Waals surface area contributed by atoms with Gasteiger partial charge in [-0.25, -0.2) is 8.42 Å². The van der Waals surface area contributed by atoms with Gasteiger partial charge in [0.2, 0.25) is 0 Å². The van der Waals surface area contributed by atoms with Crippen LogP contribution in [0.4, 0.5) is 0 Å². The van der Waals surface area contributed by atoms with Crippen LogP contribution in [-0.2, 0) is 9.84 Å². The molecule has 146 valence electrons. The summed E-state index contributed by atoms with van der Waals surface area (Å²) in [4.78, 5) is 17.3. The number of piperazine rings is 1. The Kier molecular flexibility index (Phi) is 6.90. The summed E-state index contributed by atoms with van der Waals surface area (Å²) < 4.78 is 28.9. The highest BCUT2D eigenvalue weighted by molar-refractivity contribution is 7.90. The molecule has 7 nitrogen and oxygen atoms in total. The van der Waals surface area contributed by atoms with Gasteiger partial charge in [-0.15, -0.1) is 12.4 Å². The molecular weight excluding hydrogens is 378 g/mol. The van der Waals surface area contributed by atoms with Gasteiger partial charge >= 0.3 is 0 Å². The lowest BCUT2D eigenvalue weighted by Gasteiger charge is -2.32. The van der Waals surface area contributed by atoms with Gasteiger partial charge in [0, 0.05) is 51.6 Å². The first-order valence-corrected chi connectivity index (χ1v) is 10.4. The van der Waals surface area contributed by atoms with E-state index in [0.717, 1.165) is 38.9 Å². The standard InChI is InChI=1S/C17H25N3O4S.ClH/c1-24-16-4-3-14(25(2,22)23)11-15(16)17(21)20-8-5-13(12-20)19-9-6-18-7-10-19;/h3-4,11,13,18H,5-10,12H2,1-2H3;1H. The number of methoxy groups -OCH3 is 1. The van der Waals surface area contributed by atoms with Crippen LogP contribution in [0.5, 0.6) is 5.75 Å². The minimum Gasteiger partial charge on any atom is -0.496 e. The summed E-state index contributed by atoms with van der Waals surface area (Å²) in [7, 11) is -1.89. The molecular formula is C17H26ClN3O4S. The molecule has 2 aliphatic heterocycles. The summed E-state index contributed by atoms with van der Waals surface area (Å²) in [6.07, 6.45) is 2.08. The molecule has 2 aliphatic rings. The number of carbonyl (C=O) groups excluding carboxylic acids is 1. The zero-order chi connectivity index (χ0) is 18.0. The maximum absolute atomic E-state index is 13.0. The highest BCUT2D eigenvalue weighted by atomic mass is 35.5. The van der Waals surface area contributed by atoms with E-state index in [1.807, 2.05) is 0 Å². The zero-order valence-corrected chi connectivity index (χ0v) is 16.7. The fraction of sp³-hybridized carbons (Fsp3) is 0.588. The van der Waals surface area contributed by atoms with Crippen LogP contribution in [0, 0.1) is 0 Å². The fourth-order valence-corrected chi connectivity index (χ4v) is 4.17. The molecule has 3 rings (SSSR count). The van der Waals surface area contributed by atoms with Crippen molar-refractivity contribution in [3.05, 3.63) is 23.8 Å². The highest BCUT2D eigenvalue weighted by Gasteiger charge is 2.32. The number of likely N-dealkylation sites (tertiary alicyclic amines) is 1. The van der Waals surface area contributed by atoms with Gasteiger partial charge < -0.3 is 15.0 Å². The van der Waals surface area contributed by atoms with Gasteiger partial charge in [-0.05, 0) is 24.6 Å². The number of amides is 1. The summed E-state index contributed by atoms with van der Waals surface area (Å²) in [5.74, 6) is 0.239. The summed E-state index contributed by atoms with van der Waals surface area (Å²) in [5, 5.41) is 3.34. The van der Waals surface area contributed by atoms with E-state index in [4.69, 9.17) is 4.74 Å². The van der Waals surface area contributed by atoms with Crippen molar-refractivity contribution in [1.29, 1.82) is 0 Å². The lowest BCUT2D eigenvalue weighted by Crippen LogP contribution is -2.49. The molecule has 2 heterocycles. The first kappa shape index (κ1) is 21.0. The number of ether oxygens (including phenoxy) is 1. The summed E-state index contributed by atoms with van der Waals surface area (Å²) in [6.45, 7) is 5.31. The lowest BCUT2D eigenvalue weighted by atomic mass is 10.1. The number of hydrogen-bond donors (Lipinski definition) is 1. The highest BCUT2D eigenvalue weighted by Crippen LogP contribution is 2.26. The van der Waals surface area contributed by atoms with Crippen molar-refractivity contribution in [3.8, 4) is 5.75 Å². The molecule has 0 spiro atoms. The Morgan fingerprint density at radius 3 is 2.54 bits per heavy atom. The SMILES string of the molecule is COc1ccc(S(C)(=O)=O)cc1C(=O)N1CCC(N2CCNCC2)C1.Cl. The predicted molar refractivity (Wildman–Crippen MR) is 102 cm³/mol. The largest absolute Gasteiger partial charge is 0.496 e. The van der Waals surface area contributed by atoms with Gasteiger partial charge in [0.15, 0.2) is 9.84 Å². The van der Waals surface area contributed by atoms with Gasteiger partial charge in [0.1, 0.15) is 5.75 Å². The van der Waals surface area contributed by atoms with Crippen molar-refractivity contribution in [3.63, 3.8) is 0 Å². The van der Waals surface area contributed by atoms with Crippen LogP contribution in [0.3, 0.4) is 0 Å². The first-order valence-electron chi connectivity index (χ1n) is 8.52. The molecule has 2 saturated heterocycles. The Morgan fingerprint density at radius 1 is 1.23 bits per heavy atom. The Labute approximate surface area is 161 Å². The van der Waals surface area contributed by atoms with E-state index in [0.29, 0.717) is 30.4 Å². The van der Waals surface area contributed by atoms with E-state index in [1.54, 1.807) is 11.0 Å². The summed E-state index contributed by atoms with van der Waals surface area (Å²) in [5.41, 5.74) is 0.311. The Hall–Kier alpha value is -1.35. The smallest absolute Gasteiger partial charge is 0.257 e. The third-order valence-corrected chi connectivity index (χ3v) is 6.06. The molecule has 1 atom stereocenters. The second-order valence-electron chi connectivity index (χ2n) is 6.61. The molecule has 26 heavy (non-hydrogen) atoms. The molecule has 1 amide bonds. The van der Waals surface area contributed by atoms with Crippen molar-refractivity contribution >= 4 is 28.2 Å². The summed E-state index contributed by atoms with van der Waals surface area (Å²) >= 11 is 0. The third-order valence-electron chi connectivity index (χ3n) is 4.95. The molecule has 0 radical (unpaired) electrons. The number of nitrogens with zero attached hydrogens (tertiary/aromatic N) is 2. The minimum atomic E-state index is -3.38. The zero-order valence-electron chi connectivity index (χ0n) is 15.1. The van der Waals surface area contributed by atoms with Gasteiger partial charge in [0.05, 0.1) is 17.6 Å². The van der Waals surface area contributed by atoms with Crippen LogP contribution in [0.1, 0.15) is 16.8 Å². The maximum atomic E-state index is 13.0. The molecule has 0 bridgehead atoms. The number of nitrogens with one attached hydrogen (secondary N) is 1. The van der Waals surface area contributed by atoms with E-state index >= 15 is 0 Å². The van der Waals surface area contributed by atoms with E-state index < -0.39 is 9.84 Å². The van der Waals surface area contributed by atoms with Crippen LogP contribution in [0.2, 0.25) is 0 Å². The van der Waals surface area contributed by atoms with Gasteiger partial charge in [-0.3, -0.25) is 9.69 Å². The Balaban J connectivity index is 0.00000243. The molecule has 1 aromatic rings. The van der Waals surface area contributed by atoms with Crippen molar-refractivity contribution < 1.29 is 17.9 Å². The first-order chi connectivity index (χ1) is 11.9. The number of hydrogen-bond acceptors (Lipinski definition) is 6. The molecule has 9 heteroatoms. The second kappa shape index (κ2) is 8.56. The Bertz CT molecular complexity index is 750. The van der Waals surface area contributed by atoms with Crippen LogP contribution in [0.15, 0.2) is 23.1 Å². The van der Waals surface area contributed by atoms with Crippen LogP contribution >= 0.6 is 12.4 Å². The number of sulfone groups is 1. The molecule has 2 fully saturated rings. The molecule has 0 aromatic heterocycles. The fourth-order valence-electron chi connectivity index (χ4n) is 3.53. The molecule has 1 N–H and O–H groups in total. The van der Waals surface area contributed by atoms with Crippen LogP contribution < -0.4 is 10.1 Å². The van der Waals surface area contributed by atoms with E-state index in [1.165, 1.54) is 19.2 Å². The van der Waals surface area contributed by atoms with E-state index in [9.17, 15) is 13.2 Å². The van der Waals surface area contributed by atoms with Crippen molar-refractivity contribution in [2.75, 3.05) is 52.6 Å². The van der Waals surface area contributed by atoms with Crippen LogP contribution in [0.25, 0.3) is 0 Å². The third kappa shape index (κ3) is 4.49. The lowest BCUT2D eigenvalue weighted by molar-refractivity contribution is 0.0770. The normalized spacial score (nSPS) is 21.3. The number of benzene rings is 1. The van der Waals surface area contributed by atoms with Crippen molar-refractivity contribution in [2.24, 2.45) is 0 Å². The van der Waals surface area contributed by atoms with Gasteiger partial charge in [-0.2, -0.15) is 0 Å². The van der Waals surface area contributed by atoms with Gasteiger partial charge in [0.25, 0.3) is 5.91 Å². The number of rotatable bonds is 4. The second-order valence-corrected chi connectivity index (χ2v) is 8.63. The summed E-state index contributed by atoms with van der Waals surface area (Å²) in [6, 6.07) is 4.82. The monoisotopic (exact) mass is 403 g/mol. The van der Waals surface area contributed by atoms with Crippen LogP contribution in [-0.4, -0.2) is 82.8 Å². The van der Waals surface area contributed by atoms with E-state index in [-0.39, 0.29) is 23.2 Å². The average molecular weight is 404 g/mol. The number of carbonyl (C=O) groups is 1. The number of halogens is 1. The molecule has 0 saturated carbocycles. The van der Waals surface area contributed by atoms with Gasteiger partial charge in [-0.1, -0.05) is 0 Å². The minimum absolute atomic E-state index is 0. The molecule has 0 aliphatic carbocycles. The topological polar surface area (TPSA) is 79.0 Å². The average Bonchev–Trinajstić information content (AvgIpc) is 3.10. The quantitative estimate of drug-likeness (QED) is 0.794. The molecule has 1 aromatic carbocycles. The Morgan fingerprint density at radius 2 is 1.92 bits per heavy atom. The maximum Gasteiger partial charge on any atom is 0.257 e. The van der Waals surface area contributed by atoms with E-state index in [2.05, 4.69) is 10.2 Å². The predicted octanol–water partition coefficient (Wildman–Crippen LogP) is 0.640. The van der Waals surface area contributed by atoms with Crippen molar-refractivity contribution in [1.82, 2.24) is 15.1 Å². The molecule has 1 unspecified atom stereocenters.